The quantitative estimate of drug-likeness (QED) is 0.749. The summed E-state index contributed by atoms with van der Waals surface area (Å²) in [5.74, 6) is 0.187. The van der Waals surface area contributed by atoms with Crippen molar-refractivity contribution in [2.45, 2.75) is 49.8 Å². The summed E-state index contributed by atoms with van der Waals surface area (Å²) in [4.78, 5) is 13.0. The van der Waals surface area contributed by atoms with Crippen LogP contribution in [-0.2, 0) is 20.9 Å². The number of carbonyl (C=O) groups excluding carboxylic acids is 1. The fourth-order valence-electron chi connectivity index (χ4n) is 3.81. The molecule has 0 radical (unpaired) electrons. The maximum atomic E-state index is 13.2. The summed E-state index contributed by atoms with van der Waals surface area (Å²) in [6.45, 7) is 4.36. The van der Waals surface area contributed by atoms with E-state index >= 15 is 0 Å². The SMILES string of the molecule is CC(C)C1COC(=O)N1C1CCN(S(=O)(=O)c2ccccc2C(F)(F)F)CC1. The third kappa shape index (κ3) is 3.84. The Kier molecular flexibility index (Phi) is 5.64. The van der Waals surface area contributed by atoms with Crippen LogP contribution >= 0.6 is 0 Å². The molecule has 2 aliphatic rings. The third-order valence-corrected chi connectivity index (χ3v) is 7.30. The molecule has 6 nitrogen and oxygen atoms in total. The van der Waals surface area contributed by atoms with Crippen LogP contribution in [0.5, 0.6) is 0 Å². The van der Waals surface area contributed by atoms with Crippen molar-refractivity contribution in [3.05, 3.63) is 29.8 Å². The normalized spacial score (nSPS) is 22.7. The number of halogens is 3. The molecule has 0 bridgehead atoms. The van der Waals surface area contributed by atoms with E-state index in [1.807, 2.05) is 13.8 Å². The Morgan fingerprint density at radius 3 is 2.32 bits per heavy atom. The molecule has 0 N–H and O–H groups in total. The van der Waals surface area contributed by atoms with Crippen LogP contribution in [0.1, 0.15) is 32.3 Å². The summed E-state index contributed by atoms with van der Waals surface area (Å²) < 4.78 is 71.6. The zero-order valence-corrected chi connectivity index (χ0v) is 16.5. The molecule has 0 aliphatic carbocycles. The molecule has 2 aliphatic heterocycles. The van der Waals surface area contributed by atoms with Crippen LogP contribution in [0.25, 0.3) is 0 Å². The lowest BCUT2D eigenvalue weighted by molar-refractivity contribution is -0.139. The lowest BCUT2D eigenvalue weighted by atomic mass is 9.98. The van der Waals surface area contributed by atoms with Gasteiger partial charge >= 0.3 is 12.3 Å². The molecule has 1 amide bonds. The van der Waals surface area contributed by atoms with Gasteiger partial charge in [0.2, 0.25) is 10.0 Å². The minimum Gasteiger partial charge on any atom is -0.447 e. The highest BCUT2D eigenvalue weighted by Crippen LogP contribution is 2.36. The van der Waals surface area contributed by atoms with Crippen LogP contribution in [0.2, 0.25) is 0 Å². The molecule has 10 heteroatoms. The molecule has 0 aromatic heterocycles. The monoisotopic (exact) mass is 420 g/mol. The second kappa shape index (κ2) is 7.55. The first-order valence-electron chi connectivity index (χ1n) is 9.15. The predicted molar refractivity (Wildman–Crippen MR) is 95.0 cm³/mol. The van der Waals surface area contributed by atoms with Gasteiger partial charge in [0.15, 0.2) is 0 Å². The minimum atomic E-state index is -4.76. The third-order valence-electron chi connectivity index (χ3n) is 5.34. The van der Waals surface area contributed by atoms with Crippen LogP contribution in [0.15, 0.2) is 29.2 Å². The van der Waals surface area contributed by atoms with Crippen molar-refractivity contribution in [1.29, 1.82) is 0 Å². The predicted octanol–water partition coefficient (Wildman–Crippen LogP) is 3.34. The van der Waals surface area contributed by atoms with E-state index in [4.69, 9.17) is 4.74 Å². The Labute approximate surface area is 162 Å². The Hall–Kier alpha value is -1.81. The zero-order chi connectivity index (χ0) is 20.7. The van der Waals surface area contributed by atoms with Gasteiger partial charge in [-0.1, -0.05) is 26.0 Å². The van der Waals surface area contributed by atoms with Crippen molar-refractivity contribution < 1.29 is 31.1 Å². The number of hydrogen-bond acceptors (Lipinski definition) is 4. The molecule has 2 saturated heterocycles. The van der Waals surface area contributed by atoms with Gasteiger partial charge in [0.05, 0.1) is 16.5 Å². The maximum Gasteiger partial charge on any atom is 0.417 e. The lowest BCUT2D eigenvalue weighted by Crippen LogP contribution is -2.51. The fourth-order valence-corrected chi connectivity index (χ4v) is 5.49. The van der Waals surface area contributed by atoms with Gasteiger partial charge in [-0.15, -0.1) is 0 Å². The van der Waals surface area contributed by atoms with E-state index in [0.29, 0.717) is 19.4 Å². The second-order valence-electron chi connectivity index (χ2n) is 7.42. The number of benzene rings is 1. The number of nitrogens with zero attached hydrogens (tertiary/aromatic N) is 2. The van der Waals surface area contributed by atoms with E-state index in [2.05, 4.69) is 0 Å². The summed E-state index contributed by atoms with van der Waals surface area (Å²) in [5.41, 5.74) is -1.17. The number of carbonyl (C=O) groups is 1. The molecule has 156 valence electrons. The Morgan fingerprint density at radius 2 is 1.75 bits per heavy atom. The van der Waals surface area contributed by atoms with E-state index in [-0.39, 0.29) is 31.1 Å². The van der Waals surface area contributed by atoms with E-state index in [0.717, 1.165) is 16.4 Å². The van der Waals surface area contributed by atoms with E-state index in [9.17, 15) is 26.4 Å². The number of piperidine rings is 1. The molecule has 0 saturated carbocycles. The van der Waals surface area contributed by atoms with Crippen molar-refractivity contribution in [2.24, 2.45) is 5.92 Å². The van der Waals surface area contributed by atoms with Gasteiger partial charge in [0, 0.05) is 19.1 Å². The number of ether oxygens (including phenoxy) is 1. The average Bonchev–Trinajstić information content (AvgIpc) is 3.03. The molecule has 0 spiro atoms. The molecule has 3 rings (SSSR count). The summed E-state index contributed by atoms with van der Waals surface area (Å²) >= 11 is 0. The molecular weight excluding hydrogens is 397 g/mol. The number of hydrogen-bond donors (Lipinski definition) is 0. The van der Waals surface area contributed by atoms with Crippen LogP contribution in [0.4, 0.5) is 18.0 Å². The largest absolute Gasteiger partial charge is 0.447 e. The van der Waals surface area contributed by atoms with Gasteiger partial charge in [0.25, 0.3) is 0 Å². The van der Waals surface area contributed by atoms with Crippen molar-refractivity contribution in [3.8, 4) is 0 Å². The van der Waals surface area contributed by atoms with Gasteiger partial charge in [-0.25, -0.2) is 13.2 Å². The van der Waals surface area contributed by atoms with Crippen molar-refractivity contribution in [2.75, 3.05) is 19.7 Å². The minimum absolute atomic E-state index is 0.0494. The fraction of sp³-hybridized carbons (Fsp3) is 0.611. The summed E-state index contributed by atoms with van der Waals surface area (Å²) in [7, 11) is -4.29. The molecule has 2 heterocycles. The van der Waals surface area contributed by atoms with Gasteiger partial charge in [-0.2, -0.15) is 17.5 Å². The Morgan fingerprint density at radius 1 is 1.14 bits per heavy atom. The van der Waals surface area contributed by atoms with E-state index < -0.39 is 32.8 Å². The Bertz CT molecular complexity index is 833. The molecule has 2 fully saturated rings. The summed E-state index contributed by atoms with van der Waals surface area (Å²) in [6, 6.07) is 3.93. The molecular formula is C18H23F3N2O4S. The summed E-state index contributed by atoms with van der Waals surface area (Å²) in [6.07, 6.45) is -4.47. The Balaban J connectivity index is 1.77. The highest BCUT2D eigenvalue weighted by molar-refractivity contribution is 7.89. The van der Waals surface area contributed by atoms with Crippen LogP contribution < -0.4 is 0 Å². The number of cyclic esters (lactones) is 1. The van der Waals surface area contributed by atoms with Crippen molar-refractivity contribution >= 4 is 16.1 Å². The van der Waals surface area contributed by atoms with E-state index in [1.54, 1.807) is 4.90 Å². The standard InChI is InChI=1S/C18H23F3N2O4S/c1-12(2)15-11-27-17(24)23(15)13-7-9-22(10-8-13)28(25,26)16-6-4-3-5-14(16)18(19,20)21/h3-6,12-13,15H,7-11H2,1-2H3. The first-order chi connectivity index (χ1) is 13.0. The van der Waals surface area contributed by atoms with Crippen LogP contribution in [0, 0.1) is 5.92 Å². The topological polar surface area (TPSA) is 66.9 Å². The lowest BCUT2D eigenvalue weighted by Gasteiger charge is -2.38. The highest BCUT2D eigenvalue weighted by Gasteiger charge is 2.43. The first kappa shape index (κ1) is 20.9. The molecule has 1 aromatic rings. The van der Waals surface area contributed by atoms with Gasteiger partial charge in [-0.05, 0) is 30.9 Å². The molecule has 1 unspecified atom stereocenters. The van der Waals surface area contributed by atoms with Gasteiger partial charge in [-0.3, -0.25) is 4.90 Å². The van der Waals surface area contributed by atoms with Crippen molar-refractivity contribution in [1.82, 2.24) is 9.21 Å². The number of amides is 1. The number of alkyl halides is 3. The van der Waals surface area contributed by atoms with Gasteiger partial charge in [0.1, 0.15) is 6.61 Å². The zero-order valence-electron chi connectivity index (χ0n) is 15.6. The molecule has 1 atom stereocenters. The highest BCUT2D eigenvalue weighted by atomic mass is 32.2. The molecule has 28 heavy (non-hydrogen) atoms. The van der Waals surface area contributed by atoms with Gasteiger partial charge < -0.3 is 4.74 Å². The smallest absolute Gasteiger partial charge is 0.417 e. The van der Waals surface area contributed by atoms with E-state index in [1.165, 1.54) is 12.1 Å². The first-order valence-corrected chi connectivity index (χ1v) is 10.6. The van der Waals surface area contributed by atoms with Crippen molar-refractivity contribution in [3.63, 3.8) is 0 Å². The number of sulfonamides is 1. The average molecular weight is 420 g/mol. The summed E-state index contributed by atoms with van der Waals surface area (Å²) in [5, 5.41) is 0. The molecule has 1 aromatic carbocycles. The maximum absolute atomic E-state index is 13.2. The van der Waals surface area contributed by atoms with Crippen LogP contribution in [-0.4, -0.2) is 55.5 Å². The van der Waals surface area contributed by atoms with Crippen LogP contribution in [0.3, 0.4) is 0 Å². The second-order valence-corrected chi connectivity index (χ2v) is 9.33. The number of rotatable bonds is 4.